The van der Waals surface area contributed by atoms with E-state index < -0.39 is 17.8 Å². The van der Waals surface area contributed by atoms with Crippen molar-refractivity contribution in [3.63, 3.8) is 0 Å². The molecule has 0 aliphatic rings. The SMILES string of the molecule is NC(c1ccc(Br)c(C(F)(F)F)c1)c1sccc1Br. The lowest BCUT2D eigenvalue weighted by Crippen LogP contribution is -2.13. The molecule has 0 aliphatic carbocycles. The molecule has 0 radical (unpaired) electrons. The quantitative estimate of drug-likeness (QED) is 0.705. The number of benzene rings is 1. The van der Waals surface area contributed by atoms with Crippen LogP contribution in [0.4, 0.5) is 13.2 Å². The molecule has 1 atom stereocenters. The Hall–Kier alpha value is -0.370. The third kappa shape index (κ3) is 3.21. The van der Waals surface area contributed by atoms with Crippen LogP contribution in [-0.4, -0.2) is 0 Å². The summed E-state index contributed by atoms with van der Waals surface area (Å²) in [5.41, 5.74) is 5.74. The predicted octanol–water partition coefficient (Wildman–Crippen LogP) is 5.34. The lowest BCUT2D eigenvalue weighted by Gasteiger charge is -2.15. The summed E-state index contributed by atoms with van der Waals surface area (Å²) in [6, 6.07) is 5.29. The summed E-state index contributed by atoms with van der Waals surface area (Å²) in [6.45, 7) is 0. The van der Waals surface area contributed by atoms with Crippen LogP contribution >= 0.6 is 43.2 Å². The first-order valence-corrected chi connectivity index (χ1v) is 7.62. The second-order valence-electron chi connectivity index (χ2n) is 3.85. The summed E-state index contributed by atoms with van der Waals surface area (Å²) in [7, 11) is 0. The number of thiophene rings is 1. The zero-order valence-electron chi connectivity index (χ0n) is 9.34. The molecule has 1 aromatic heterocycles. The molecule has 2 rings (SSSR count). The Morgan fingerprint density at radius 3 is 2.32 bits per heavy atom. The smallest absolute Gasteiger partial charge is 0.320 e. The fourth-order valence-corrected chi connectivity index (χ4v) is 3.75. The average Bonchev–Trinajstić information content (AvgIpc) is 2.73. The molecule has 0 aliphatic heterocycles. The normalized spacial score (nSPS) is 13.6. The number of rotatable bonds is 2. The molecule has 0 saturated carbocycles. The first kappa shape index (κ1) is 15.0. The third-order valence-corrected chi connectivity index (χ3v) is 5.23. The Labute approximate surface area is 128 Å². The Kier molecular flexibility index (Phi) is 4.39. The molecule has 0 amide bonds. The Balaban J connectivity index is 2.44. The van der Waals surface area contributed by atoms with Gasteiger partial charge in [0.1, 0.15) is 0 Å². The lowest BCUT2D eigenvalue weighted by atomic mass is 10.0. The fourth-order valence-electron chi connectivity index (χ4n) is 1.63. The molecule has 102 valence electrons. The average molecular weight is 415 g/mol. The van der Waals surface area contributed by atoms with Gasteiger partial charge in [0.2, 0.25) is 0 Å². The van der Waals surface area contributed by atoms with Gasteiger partial charge in [-0.15, -0.1) is 11.3 Å². The molecule has 0 spiro atoms. The number of halogens is 5. The van der Waals surface area contributed by atoms with Crippen molar-refractivity contribution >= 4 is 43.2 Å². The van der Waals surface area contributed by atoms with Gasteiger partial charge in [0.05, 0.1) is 11.6 Å². The molecule has 2 aromatic rings. The van der Waals surface area contributed by atoms with E-state index in [1.807, 2.05) is 11.4 Å². The molecule has 1 heterocycles. The van der Waals surface area contributed by atoms with Crippen molar-refractivity contribution in [2.45, 2.75) is 12.2 Å². The van der Waals surface area contributed by atoms with E-state index in [0.29, 0.717) is 5.56 Å². The van der Waals surface area contributed by atoms with Gasteiger partial charge in [0.25, 0.3) is 0 Å². The zero-order valence-corrected chi connectivity index (χ0v) is 13.3. The maximum Gasteiger partial charge on any atom is 0.417 e. The molecular weight excluding hydrogens is 407 g/mol. The molecule has 0 fully saturated rings. The van der Waals surface area contributed by atoms with Crippen molar-refractivity contribution in [1.82, 2.24) is 0 Å². The van der Waals surface area contributed by atoms with Gasteiger partial charge in [-0.2, -0.15) is 13.2 Å². The Bertz CT molecular complexity index is 595. The minimum atomic E-state index is -4.40. The highest BCUT2D eigenvalue weighted by atomic mass is 79.9. The van der Waals surface area contributed by atoms with E-state index >= 15 is 0 Å². The van der Waals surface area contributed by atoms with Crippen molar-refractivity contribution in [3.8, 4) is 0 Å². The van der Waals surface area contributed by atoms with E-state index in [1.54, 1.807) is 6.07 Å². The number of nitrogens with two attached hydrogens (primary N) is 1. The van der Waals surface area contributed by atoms with Crippen molar-refractivity contribution in [2.24, 2.45) is 5.73 Å². The van der Waals surface area contributed by atoms with Crippen LogP contribution in [0.25, 0.3) is 0 Å². The minimum absolute atomic E-state index is 0.0150. The van der Waals surface area contributed by atoms with E-state index in [0.717, 1.165) is 15.4 Å². The van der Waals surface area contributed by atoms with Gasteiger partial charge < -0.3 is 5.73 Å². The van der Waals surface area contributed by atoms with Crippen LogP contribution in [0.1, 0.15) is 22.0 Å². The molecule has 0 bridgehead atoms. The monoisotopic (exact) mass is 413 g/mol. The van der Waals surface area contributed by atoms with Crippen LogP contribution in [0, 0.1) is 0 Å². The van der Waals surface area contributed by atoms with Crippen LogP contribution in [0.15, 0.2) is 38.6 Å². The molecule has 7 heteroatoms. The largest absolute Gasteiger partial charge is 0.417 e. The molecular formula is C12H8Br2F3NS. The predicted molar refractivity (Wildman–Crippen MR) is 77.2 cm³/mol. The second kappa shape index (κ2) is 5.55. The van der Waals surface area contributed by atoms with Gasteiger partial charge in [0, 0.05) is 13.8 Å². The second-order valence-corrected chi connectivity index (χ2v) is 6.50. The summed E-state index contributed by atoms with van der Waals surface area (Å²) >= 11 is 7.65. The van der Waals surface area contributed by atoms with Crippen LogP contribution in [-0.2, 0) is 6.18 Å². The van der Waals surface area contributed by atoms with E-state index in [2.05, 4.69) is 31.9 Å². The maximum absolute atomic E-state index is 12.8. The van der Waals surface area contributed by atoms with Crippen LogP contribution in [0.2, 0.25) is 0 Å². The number of alkyl halides is 3. The summed E-state index contributed by atoms with van der Waals surface area (Å²) in [5, 5.41) is 1.84. The Morgan fingerprint density at radius 2 is 1.79 bits per heavy atom. The maximum atomic E-state index is 12.8. The van der Waals surface area contributed by atoms with E-state index in [4.69, 9.17) is 5.73 Å². The highest BCUT2D eigenvalue weighted by Crippen LogP contribution is 2.38. The van der Waals surface area contributed by atoms with E-state index in [9.17, 15) is 13.2 Å². The van der Waals surface area contributed by atoms with Crippen molar-refractivity contribution in [2.75, 3.05) is 0 Å². The highest BCUT2D eigenvalue weighted by molar-refractivity contribution is 9.10. The first-order valence-electron chi connectivity index (χ1n) is 5.16. The zero-order chi connectivity index (χ0) is 14.2. The molecule has 19 heavy (non-hydrogen) atoms. The molecule has 1 aromatic carbocycles. The minimum Gasteiger partial charge on any atom is -0.320 e. The van der Waals surface area contributed by atoms with Crippen molar-refractivity contribution in [1.29, 1.82) is 0 Å². The molecule has 1 unspecified atom stereocenters. The van der Waals surface area contributed by atoms with Crippen LogP contribution < -0.4 is 5.73 Å². The van der Waals surface area contributed by atoms with Gasteiger partial charge >= 0.3 is 6.18 Å². The lowest BCUT2D eigenvalue weighted by molar-refractivity contribution is -0.138. The summed E-state index contributed by atoms with van der Waals surface area (Å²) in [4.78, 5) is 0.801. The van der Waals surface area contributed by atoms with E-state index in [-0.39, 0.29) is 4.47 Å². The summed E-state index contributed by atoms with van der Waals surface area (Å²) < 4.78 is 39.3. The highest BCUT2D eigenvalue weighted by Gasteiger charge is 2.33. The van der Waals surface area contributed by atoms with Crippen LogP contribution in [0.3, 0.4) is 0 Å². The van der Waals surface area contributed by atoms with Crippen LogP contribution in [0.5, 0.6) is 0 Å². The van der Waals surface area contributed by atoms with E-state index in [1.165, 1.54) is 17.4 Å². The standard InChI is InChI=1S/C12H8Br2F3NS/c13-8-2-1-6(5-7(8)12(15,16)17)10(18)11-9(14)3-4-19-11/h1-5,10H,18H2. The van der Waals surface area contributed by atoms with Crippen molar-refractivity contribution < 1.29 is 13.2 Å². The van der Waals surface area contributed by atoms with Gasteiger partial charge in [-0.05, 0) is 45.1 Å². The molecule has 0 saturated heterocycles. The van der Waals surface area contributed by atoms with Gasteiger partial charge in [-0.3, -0.25) is 0 Å². The number of hydrogen-bond acceptors (Lipinski definition) is 2. The number of hydrogen-bond donors (Lipinski definition) is 1. The summed E-state index contributed by atoms with van der Waals surface area (Å²) in [6.07, 6.45) is -4.40. The molecule has 1 nitrogen and oxygen atoms in total. The first-order chi connectivity index (χ1) is 8.80. The topological polar surface area (TPSA) is 26.0 Å². The van der Waals surface area contributed by atoms with Gasteiger partial charge in [-0.25, -0.2) is 0 Å². The van der Waals surface area contributed by atoms with Gasteiger partial charge in [-0.1, -0.05) is 22.0 Å². The van der Waals surface area contributed by atoms with Gasteiger partial charge in [0.15, 0.2) is 0 Å². The molecule has 2 N–H and O–H groups in total. The Morgan fingerprint density at radius 1 is 1.11 bits per heavy atom. The van der Waals surface area contributed by atoms with Crippen molar-refractivity contribution in [3.05, 3.63) is 54.6 Å². The third-order valence-electron chi connectivity index (χ3n) is 2.58. The summed E-state index contributed by atoms with van der Waals surface area (Å²) in [5.74, 6) is 0. The fraction of sp³-hybridized carbons (Fsp3) is 0.167.